The maximum atomic E-state index is 11.6. The number of urea groups is 1. The van der Waals surface area contributed by atoms with Crippen molar-refractivity contribution in [3.05, 3.63) is 0 Å². The van der Waals surface area contributed by atoms with Gasteiger partial charge in [-0.1, -0.05) is 0 Å². The van der Waals surface area contributed by atoms with Gasteiger partial charge >= 0.3 is 6.03 Å². The van der Waals surface area contributed by atoms with Crippen LogP contribution in [-0.2, 0) is 0 Å². The van der Waals surface area contributed by atoms with E-state index in [0.29, 0.717) is 6.04 Å². The minimum absolute atomic E-state index is 0.00620. The number of nitrogens with one attached hydrogen (secondary N) is 2. The summed E-state index contributed by atoms with van der Waals surface area (Å²) in [5.41, 5.74) is 0. The summed E-state index contributed by atoms with van der Waals surface area (Å²) in [6.07, 6.45) is 7.66. The second-order valence-electron chi connectivity index (χ2n) is 4.34. The van der Waals surface area contributed by atoms with Crippen molar-refractivity contribution < 1.29 is 4.79 Å². The summed E-state index contributed by atoms with van der Waals surface area (Å²) >= 11 is 3.66. The van der Waals surface area contributed by atoms with Gasteiger partial charge in [0.2, 0.25) is 0 Å². The summed E-state index contributed by atoms with van der Waals surface area (Å²) in [6.45, 7) is 2.04. The highest BCUT2D eigenvalue weighted by Crippen LogP contribution is 2.27. The fourth-order valence-corrected chi connectivity index (χ4v) is 3.41. The number of amides is 2. The van der Waals surface area contributed by atoms with Crippen molar-refractivity contribution in [1.82, 2.24) is 10.6 Å². The summed E-state index contributed by atoms with van der Waals surface area (Å²) in [5, 5.41) is 6.75. The lowest BCUT2D eigenvalue weighted by molar-refractivity contribution is 0.235. The Bertz CT molecular complexity index is 226. The quantitative estimate of drug-likeness (QED) is 0.799. The maximum Gasteiger partial charge on any atom is 0.315 e. The molecule has 0 bridgehead atoms. The predicted molar refractivity (Wildman–Crippen MR) is 74.5 cm³/mol. The normalized spacial score (nSPS) is 26.4. The Morgan fingerprint density at radius 3 is 2.75 bits per heavy atom. The van der Waals surface area contributed by atoms with Gasteiger partial charge in [0.1, 0.15) is 0 Å². The lowest BCUT2D eigenvalue weighted by atomic mass is 10.2. The molecular weight excluding hydrogens is 240 g/mol. The van der Waals surface area contributed by atoms with Crippen LogP contribution in [0.2, 0.25) is 0 Å². The largest absolute Gasteiger partial charge is 0.335 e. The van der Waals surface area contributed by atoms with E-state index in [-0.39, 0.29) is 12.1 Å². The summed E-state index contributed by atoms with van der Waals surface area (Å²) < 4.78 is 0. The van der Waals surface area contributed by atoms with Crippen LogP contribution in [0.3, 0.4) is 0 Å². The first-order valence-corrected chi connectivity index (χ1v) is 8.42. The monoisotopic (exact) mass is 262 g/mol. The molecule has 2 amide bonds. The Hall–Kier alpha value is -0.0300. The van der Waals surface area contributed by atoms with Crippen molar-refractivity contribution >= 4 is 29.6 Å². The van der Waals surface area contributed by atoms with Gasteiger partial charge in [-0.15, -0.1) is 0 Å². The molecule has 1 aliphatic carbocycles. The first-order chi connectivity index (χ1) is 7.65. The number of carbonyl (C=O) groups excluding carboxylic acids is 1. The lowest BCUT2D eigenvalue weighted by Gasteiger charge is -2.17. The number of rotatable bonds is 5. The molecule has 1 fully saturated rings. The molecule has 2 N–H and O–H groups in total. The van der Waals surface area contributed by atoms with Crippen LogP contribution in [0.15, 0.2) is 0 Å². The molecule has 16 heavy (non-hydrogen) atoms. The van der Waals surface area contributed by atoms with Gasteiger partial charge in [-0.05, 0) is 38.7 Å². The van der Waals surface area contributed by atoms with E-state index in [9.17, 15) is 4.79 Å². The molecule has 3 unspecified atom stereocenters. The Balaban J connectivity index is 2.19. The average Bonchev–Trinajstić information content (AvgIpc) is 2.65. The van der Waals surface area contributed by atoms with E-state index in [4.69, 9.17) is 0 Å². The summed E-state index contributed by atoms with van der Waals surface area (Å²) in [7, 11) is 0. The van der Waals surface area contributed by atoms with E-state index in [1.54, 1.807) is 11.8 Å². The van der Waals surface area contributed by atoms with E-state index in [0.717, 1.165) is 23.8 Å². The molecule has 0 aromatic heterocycles. The molecule has 3 atom stereocenters. The Morgan fingerprint density at radius 2 is 2.19 bits per heavy atom. The smallest absolute Gasteiger partial charge is 0.315 e. The zero-order chi connectivity index (χ0) is 12.0. The molecule has 0 spiro atoms. The summed E-state index contributed by atoms with van der Waals surface area (Å²) in [4.78, 5) is 11.6. The lowest BCUT2D eigenvalue weighted by Crippen LogP contribution is -2.45. The molecule has 0 aromatic carbocycles. The van der Waals surface area contributed by atoms with Gasteiger partial charge in [-0.3, -0.25) is 0 Å². The van der Waals surface area contributed by atoms with Gasteiger partial charge in [-0.25, -0.2) is 4.79 Å². The fraction of sp³-hybridized carbons (Fsp3) is 0.909. The molecule has 0 saturated heterocycles. The molecule has 0 aliphatic heterocycles. The van der Waals surface area contributed by atoms with Crippen molar-refractivity contribution in [2.75, 3.05) is 18.3 Å². The number of carbonyl (C=O) groups is 1. The second-order valence-corrected chi connectivity index (χ2v) is 6.39. The van der Waals surface area contributed by atoms with Crippen molar-refractivity contribution in [1.29, 1.82) is 0 Å². The average molecular weight is 262 g/mol. The molecule has 1 saturated carbocycles. The molecule has 5 heteroatoms. The van der Waals surface area contributed by atoms with Crippen molar-refractivity contribution in [3.63, 3.8) is 0 Å². The summed E-state index contributed by atoms with van der Waals surface area (Å²) in [6, 6.07) is 0.611. The standard InChI is InChI=1S/C11H22N2OS2/c1-8(7-15-2)12-11(14)13-9-4-5-10(6-9)16-3/h8-10H,4-7H2,1-3H3,(H2,12,13,14). The van der Waals surface area contributed by atoms with E-state index in [1.165, 1.54) is 6.42 Å². The number of thioether (sulfide) groups is 2. The summed E-state index contributed by atoms with van der Waals surface area (Å²) in [5.74, 6) is 0.964. The van der Waals surface area contributed by atoms with Crippen molar-refractivity contribution in [2.24, 2.45) is 0 Å². The van der Waals surface area contributed by atoms with Crippen LogP contribution in [-0.4, -0.2) is 41.6 Å². The molecule has 0 heterocycles. The zero-order valence-corrected chi connectivity index (χ0v) is 11.9. The van der Waals surface area contributed by atoms with Crippen LogP contribution < -0.4 is 10.6 Å². The highest BCUT2D eigenvalue weighted by atomic mass is 32.2. The zero-order valence-electron chi connectivity index (χ0n) is 10.3. The Kier molecular flexibility index (Phi) is 6.43. The maximum absolute atomic E-state index is 11.6. The van der Waals surface area contributed by atoms with Crippen LogP contribution in [0, 0.1) is 0 Å². The molecule has 3 nitrogen and oxygen atoms in total. The van der Waals surface area contributed by atoms with Crippen LogP contribution >= 0.6 is 23.5 Å². The van der Waals surface area contributed by atoms with E-state index < -0.39 is 0 Å². The SMILES string of the molecule is CSCC(C)NC(=O)NC1CCC(SC)C1. The third-order valence-electron chi connectivity index (χ3n) is 2.85. The van der Waals surface area contributed by atoms with Crippen LogP contribution in [0.1, 0.15) is 26.2 Å². The third-order valence-corrected chi connectivity index (χ3v) is 4.78. The molecule has 0 radical (unpaired) electrons. The highest BCUT2D eigenvalue weighted by Gasteiger charge is 2.25. The fourth-order valence-electron chi connectivity index (χ4n) is 2.03. The van der Waals surface area contributed by atoms with Gasteiger partial charge in [0.15, 0.2) is 0 Å². The van der Waals surface area contributed by atoms with Crippen molar-refractivity contribution in [2.45, 2.75) is 43.5 Å². The first kappa shape index (κ1) is 14.0. The van der Waals surface area contributed by atoms with E-state index in [1.807, 2.05) is 18.7 Å². The Labute approximate surface area is 107 Å². The number of hydrogen-bond acceptors (Lipinski definition) is 3. The van der Waals surface area contributed by atoms with Gasteiger partial charge in [-0.2, -0.15) is 23.5 Å². The number of hydrogen-bond donors (Lipinski definition) is 2. The van der Waals surface area contributed by atoms with Crippen LogP contribution in [0.4, 0.5) is 4.79 Å². The minimum atomic E-state index is -0.00620. The molecule has 94 valence electrons. The Morgan fingerprint density at radius 1 is 1.44 bits per heavy atom. The second kappa shape index (κ2) is 7.33. The molecular formula is C11H22N2OS2. The topological polar surface area (TPSA) is 41.1 Å². The van der Waals surface area contributed by atoms with Gasteiger partial charge in [0, 0.05) is 23.1 Å². The van der Waals surface area contributed by atoms with Crippen LogP contribution in [0.25, 0.3) is 0 Å². The van der Waals surface area contributed by atoms with Gasteiger partial charge < -0.3 is 10.6 Å². The molecule has 0 aromatic rings. The molecule has 1 aliphatic rings. The van der Waals surface area contributed by atoms with Crippen molar-refractivity contribution in [3.8, 4) is 0 Å². The van der Waals surface area contributed by atoms with Gasteiger partial charge in [0.05, 0.1) is 0 Å². The van der Waals surface area contributed by atoms with Gasteiger partial charge in [0.25, 0.3) is 0 Å². The van der Waals surface area contributed by atoms with E-state index >= 15 is 0 Å². The predicted octanol–water partition coefficient (Wildman–Crippen LogP) is 2.32. The first-order valence-electron chi connectivity index (χ1n) is 5.74. The minimum Gasteiger partial charge on any atom is -0.335 e. The highest BCUT2D eigenvalue weighted by molar-refractivity contribution is 7.99. The van der Waals surface area contributed by atoms with Crippen LogP contribution in [0.5, 0.6) is 0 Å². The third kappa shape index (κ3) is 4.87. The molecule has 1 rings (SSSR count). The van der Waals surface area contributed by atoms with E-state index in [2.05, 4.69) is 23.1 Å².